The molecule has 9 heteroatoms. The summed E-state index contributed by atoms with van der Waals surface area (Å²) in [6.45, 7) is -1.18. The molecule has 1 aromatic carbocycles. The number of hydrogen-bond acceptors (Lipinski definition) is 3. The van der Waals surface area contributed by atoms with Crippen LogP contribution >= 0.6 is 0 Å². The number of para-hydroxylation sites is 1. The third-order valence-electron chi connectivity index (χ3n) is 3.87. The van der Waals surface area contributed by atoms with Crippen LogP contribution in [0.2, 0.25) is 0 Å². The molecule has 1 aliphatic rings. The topological polar surface area (TPSA) is 72.6 Å². The van der Waals surface area contributed by atoms with E-state index in [1.807, 2.05) is 0 Å². The minimum atomic E-state index is -4.61. The monoisotopic (exact) mass is 348 g/mol. The molecule has 0 bridgehead atoms. The van der Waals surface area contributed by atoms with Crippen LogP contribution in [-0.2, 0) is 9.59 Å². The molecule has 0 spiro atoms. The number of nitrogens with zero attached hydrogens (tertiary/aromatic N) is 1. The lowest BCUT2D eigenvalue weighted by atomic mass is 9.95. The molecule has 2 rings (SSSR count). The standard InChI is InChI=1S/C15H16F4N2O3/c16-11-3-1-2-4-12(11)24-6-5-13(22)21-7-9(14(20)23)10(8-21)15(17,18)19/h1-4,9-10H,5-8H2,(H2,20,23)/t9-,10-/m1/s1. The quantitative estimate of drug-likeness (QED) is 0.824. The molecule has 0 aromatic heterocycles. The average molecular weight is 348 g/mol. The molecule has 24 heavy (non-hydrogen) atoms. The Morgan fingerprint density at radius 2 is 1.92 bits per heavy atom. The molecule has 1 aliphatic heterocycles. The van der Waals surface area contributed by atoms with Gasteiger partial charge >= 0.3 is 6.18 Å². The minimum absolute atomic E-state index is 0.0464. The van der Waals surface area contributed by atoms with Gasteiger partial charge in [-0.1, -0.05) is 12.1 Å². The van der Waals surface area contributed by atoms with E-state index < -0.39 is 42.2 Å². The Morgan fingerprint density at radius 1 is 1.25 bits per heavy atom. The first-order valence-electron chi connectivity index (χ1n) is 7.21. The smallest absolute Gasteiger partial charge is 0.394 e. The summed E-state index contributed by atoms with van der Waals surface area (Å²) in [4.78, 5) is 24.1. The Labute approximate surface area is 135 Å². The van der Waals surface area contributed by atoms with Crippen LogP contribution in [0.4, 0.5) is 17.6 Å². The number of carbonyl (C=O) groups excluding carboxylic acids is 2. The van der Waals surface area contributed by atoms with E-state index in [1.54, 1.807) is 6.07 Å². The fourth-order valence-electron chi connectivity index (χ4n) is 2.60. The molecule has 5 nitrogen and oxygen atoms in total. The molecule has 132 valence electrons. The van der Waals surface area contributed by atoms with Gasteiger partial charge in [0.25, 0.3) is 0 Å². The molecule has 2 N–H and O–H groups in total. The number of benzene rings is 1. The van der Waals surface area contributed by atoms with Crippen LogP contribution in [0.25, 0.3) is 0 Å². The van der Waals surface area contributed by atoms with Crippen molar-refractivity contribution in [2.45, 2.75) is 12.6 Å². The number of amides is 2. The molecule has 1 saturated heterocycles. The van der Waals surface area contributed by atoms with Crippen molar-refractivity contribution in [2.24, 2.45) is 17.6 Å². The summed E-state index contributed by atoms with van der Waals surface area (Å²) in [6.07, 6.45) is -4.84. The van der Waals surface area contributed by atoms with Crippen molar-refractivity contribution < 1.29 is 31.9 Å². The maximum Gasteiger partial charge on any atom is 0.394 e. The summed E-state index contributed by atoms with van der Waals surface area (Å²) >= 11 is 0. The molecule has 0 saturated carbocycles. The van der Waals surface area contributed by atoms with Gasteiger partial charge in [0.05, 0.1) is 24.9 Å². The van der Waals surface area contributed by atoms with E-state index in [-0.39, 0.29) is 25.3 Å². The molecule has 1 fully saturated rings. The van der Waals surface area contributed by atoms with Crippen LogP contribution < -0.4 is 10.5 Å². The van der Waals surface area contributed by atoms with E-state index in [4.69, 9.17) is 10.5 Å². The van der Waals surface area contributed by atoms with Crippen molar-refractivity contribution in [1.82, 2.24) is 4.90 Å². The van der Waals surface area contributed by atoms with Crippen LogP contribution in [0.15, 0.2) is 24.3 Å². The first-order valence-corrected chi connectivity index (χ1v) is 7.21. The number of nitrogens with two attached hydrogens (primary N) is 1. The van der Waals surface area contributed by atoms with Crippen molar-refractivity contribution in [2.75, 3.05) is 19.7 Å². The Bertz CT molecular complexity index is 621. The summed E-state index contributed by atoms with van der Waals surface area (Å²) in [7, 11) is 0. The highest BCUT2D eigenvalue weighted by Crippen LogP contribution is 2.37. The molecule has 2 amide bonds. The number of hydrogen-bond donors (Lipinski definition) is 1. The number of alkyl halides is 3. The van der Waals surface area contributed by atoms with Gasteiger partial charge in [-0.2, -0.15) is 13.2 Å². The van der Waals surface area contributed by atoms with Gasteiger partial charge in [-0.05, 0) is 12.1 Å². The van der Waals surface area contributed by atoms with Crippen molar-refractivity contribution in [3.8, 4) is 5.75 Å². The summed E-state index contributed by atoms with van der Waals surface area (Å²) in [5.74, 6) is -5.76. The van der Waals surface area contributed by atoms with Crippen LogP contribution in [0.3, 0.4) is 0 Å². The van der Waals surface area contributed by atoms with Gasteiger partial charge in [0.2, 0.25) is 11.8 Å². The number of primary amides is 1. The summed E-state index contributed by atoms with van der Waals surface area (Å²) in [5, 5.41) is 0. The Morgan fingerprint density at radius 3 is 2.46 bits per heavy atom. The van der Waals surface area contributed by atoms with Gasteiger partial charge in [-0.15, -0.1) is 0 Å². The molecule has 0 unspecified atom stereocenters. The van der Waals surface area contributed by atoms with E-state index in [1.165, 1.54) is 18.2 Å². The van der Waals surface area contributed by atoms with Crippen molar-refractivity contribution in [3.05, 3.63) is 30.1 Å². The van der Waals surface area contributed by atoms with Crippen LogP contribution in [0.5, 0.6) is 5.75 Å². The molecule has 2 atom stereocenters. The first-order chi connectivity index (χ1) is 11.2. The predicted molar refractivity (Wildman–Crippen MR) is 75.3 cm³/mol. The van der Waals surface area contributed by atoms with Gasteiger partial charge in [0, 0.05) is 13.1 Å². The molecular weight excluding hydrogens is 332 g/mol. The minimum Gasteiger partial charge on any atom is -0.490 e. The van der Waals surface area contributed by atoms with E-state index in [0.29, 0.717) is 0 Å². The van der Waals surface area contributed by atoms with Gasteiger partial charge in [-0.25, -0.2) is 4.39 Å². The van der Waals surface area contributed by atoms with E-state index >= 15 is 0 Å². The van der Waals surface area contributed by atoms with Crippen molar-refractivity contribution in [3.63, 3.8) is 0 Å². The van der Waals surface area contributed by atoms with E-state index in [2.05, 4.69) is 0 Å². The van der Waals surface area contributed by atoms with Crippen molar-refractivity contribution in [1.29, 1.82) is 0 Å². The van der Waals surface area contributed by atoms with E-state index in [0.717, 1.165) is 4.90 Å². The largest absolute Gasteiger partial charge is 0.490 e. The molecule has 1 heterocycles. The van der Waals surface area contributed by atoms with Gasteiger partial charge in [-0.3, -0.25) is 9.59 Å². The molecular formula is C15H16F4N2O3. The molecule has 1 aromatic rings. The summed E-state index contributed by atoms with van der Waals surface area (Å²) < 4.78 is 57.2. The SMILES string of the molecule is NC(=O)[C@@H]1CN(C(=O)CCOc2ccccc2F)C[C@H]1C(F)(F)F. The van der Waals surface area contributed by atoms with Crippen LogP contribution in [-0.4, -0.2) is 42.6 Å². The highest BCUT2D eigenvalue weighted by molar-refractivity contribution is 5.81. The summed E-state index contributed by atoms with van der Waals surface area (Å²) in [6, 6.07) is 5.58. The number of likely N-dealkylation sites (tertiary alicyclic amines) is 1. The second kappa shape index (κ2) is 7.06. The highest BCUT2D eigenvalue weighted by Gasteiger charge is 2.52. The lowest BCUT2D eigenvalue weighted by Gasteiger charge is -2.18. The average Bonchev–Trinajstić information content (AvgIpc) is 2.95. The third kappa shape index (κ3) is 4.15. The predicted octanol–water partition coefficient (Wildman–Crippen LogP) is 1.72. The first kappa shape index (κ1) is 18.0. The fraction of sp³-hybridized carbons (Fsp3) is 0.467. The maximum atomic E-state index is 13.3. The summed E-state index contributed by atoms with van der Waals surface area (Å²) in [5.41, 5.74) is 5.00. The molecule has 0 aliphatic carbocycles. The van der Waals surface area contributed by atoms with Gasteiger partial charge in [0.15, 0.2) is 11.6 Å². The zero-order valence-corrected chi connectivity index (χ0v) is 12.6. The normalized spacial score (nSPS) is 20.9. The number of carbonyl (C=O) groups is 2. The van der Waals surface area contributed by atoms with E-state index in [9.17, 15) is 27.2 Å². The van der Waals surface area contributed by atoms with Crippen LogP contribution in [0.1, 0.15) is 6.42 Å². The Balaban J connectivity index is 1.91. The fourth-order valence-corrected chi connectivity index (χ4v) is 2.60. The lowest BCUT2D eigenvalue weighted by molar-refractivity contribution is -0.182. The second-order valence-corrected chi connectivity index (χ2v) is 5.48. The zero-order valence-electron chi connectivity index (χ0n) is 12.6. The van der Waals surface area contributed by atoms with Gasteiger partial charge < -0.3 is 15.4 Å². The van der Waals surface area contributed by atoms with Crippen molar-refractivity contribution >= 4 is 11.8 Å². The number of ether oxygens (including phenoxy) is 1. The Kier molecular flexibility index (Phi) is 5.30. The van der Waals surface area contributed by atoms with Gasteiger partial charge in [0.1, 0.15) is 0 Å². The van der Waals surface area contributed by atoms with Crippen LogP contribution in [0, 0.1) is 17.7 Å². The number of halogens is 4. The zero-order chi connectivity index (χ0) is 17.9. The number of rotatable bonds is 5. The second-order valence-electron chi connectivity index (χ2n) is 5.48. The lowest BCUT2D eigenvalue weighted by Crippen LogP contribution is -2.37. The Hall–Kier alpha value is -2.32. The molecule has 0 radical (unpaired) electrons. The highest BCUT2D eigenvalue weighted by atomic mass is 19.4. The maximum absolute atomic E-state index is 13.3. The third-order valence-corrected chi connectivity index (χ3v) is 3.87.